The molecule has 0 atom stereocenters. The highest BCUT2D eigenvalue weighted by Gasteiger charge is 2.13. The number of nitrogens with zero attached hydrogens (tertiary/aromatic N) is 2. The highest BCUT2D eigenvalue weighted by atomic mass is 16.5. The SMILES string of the molecule is CCN(Cc1nc2ccccc2c(=O)[nH]1)C(=O)/C=C/c1cccc(OC)c1OC. The summed E-state index contributed by atoms with van der Waals surface area (Å²) in [6, 6.07) is 12.6. The van der Waals surface area contributed by atoms with Gasteiger partial charge in [0.25, 0.3) is 5.56 Å². The van der Waals surface area contributed by atoms with Crippen LogP contribution in [-0.4, -0.2) is 41.5 Å². The van der Waals surface area contributed by atoms with Crippen molar-refractivity contribution < 1.29 is 14.3 Å². The number of aromatic amines is 1. The van der Waals surface area contributed by atoms with Crippen LogP contribution in [0.4, 0.5) is 0 Å². The molecule has 1 aromatic heterocycles. The Balaban J connectivity index is 1.81. The lowest BCUT2D eigenvalue weighted by Crippen LogP contribution is -2.30. The van der Waals surface area contributed by atoms with E-state index in [0.717, 1.165) is 5.56 Å². The van der Waals surface area contributed by atoms with Crippen LogP contribution < -0.4 is 15.0 Å². The summed E-state index contributed by atoms with van der Waals surface area (Å²) in [5.74, 6) is 1.39. The lowest BCUT2D eigenvalue weighted by atomic mass is 10.1. The number of likely N-dealkylation sites (N-methyl/N-ethyl adjacent to an activating group) is 1. The second-order valence-corrected chi connectivity index (χ2v) is 6.30. The van der Waals surface area contributed by atoms with Crippen LogP contribution in [0.1, 0.15) is 18.3 Å². The lowest BCUT2D eigenvalue weighted by molar-refractivity contribution is -0.126. The van der Waals surface area contributed by atoms with Gasteiger partial charge in [-0.2, -0.15) is 0 Å². The summed E-state index contributed by atoms with van der Waals surface area (Å²) in [7, 11) is 3.11. The van der Waals surface area contributed by atoms with Crippen LogP contribution in [0.2, 0.25) is 0 Å². The van der Waals surface area contributed by atoms with Crippen molar-refractivity contribution in [1.82, 2.24) is 14.9 Å². The van der Waals surface area contributed by atoms with E-state index < -0.39 is 0 Å². The van der Waals surface area contributed by atoms with Gasteiger partial charge in [0.2, 0.25) is 5.91 Å². The maximum Gasteiger partial charge on any atom is 0.258 e. The molecular formula is C22H23N3O4. The molecule has 0 aliphatic rings. The largest absolute Gasteiger partial charge is 0.493 e. The highest BCUT2D eigenvalue weighted by molar-refractivity contribution is 5.92. The van der Waals surface area contributed by atoms with Gasteiger partial charge in [0.1, 0.15) is 5.82 Å². The van der Waals surface area contributed by atoms with Gasteiger partial charge in [-0.15, -0.1) is 0 Å². The van der Waals surface area contributed by atoms with Crippen molar-refractivity contribution in [3.05, 3.63) is 70.3 Å². The molecule has 0 saturated heterocycles. The summed E-state index contributed by atoms with van der Waals surface area (Å²) in [6.45, 7) is 2.54. The molecule has 1 N–H and O–H groups in total. The van der Waals surface area contributed by atoms with Crippen molar-refractivity contribution in [3.8, 4) is 11.5 Å². The van der Waals surface area contributed by atoms with E-state index in [1.54, 1.807) is 49.5 Å². The van der Waals surface area contributed by atoms with Crippen molar-refractivity contribution in [2.24, 2.45) is 0 Å². The van der Waals surface area contributed by atoms with Gasteiger partial charge >= 0.3 is 0 Å². The minimum Gasteiger partial charge on any atom is -0.493 e. The summed E-state index contributed by atoms with van der Waals surface area (Å²) >= 11 is 0. The van der Waals surface area contributed by atoms with Crippen LogP contribution in [0.15, 0.2) is 53.3 Å². The average molecular weight is 393 g/mol. The van der Waals surface area contributed by atoms with Crippen LogP contribution in [0.25, 0.3) is 17.0 Å². The molecule has 0 saturated carbocycles. The molecule has 0 unspecified atom stereocenters. The van der Waals surface area contributed by atoms with E-state index in [-0.39, 0.29) is 18.0 Å². The third kappa shape index (κ3) is 4.45. The minimum atomic E-state index is -0.217. The Hall–Kier alpha value is -3.61. The van der Waals surface area contributed by atoms with Gasteiger partial charge in [0.15, 0.2) is 11.5 Å². The Bertz CT molecular complexity index is 1100. The third-order valence-electron chi connectivity index (χ3n) is 4.53. The van der Waals surface area contributed by atoms with Gasteiger partial charge in [-0.3, -0.25) is 9.59 Å². The Morgan fingerprint density at radius 2 is 1.93 bits per heavy atom. The van der Waals surface area contributed by atoms with E-state index >= 15 is 0 Å². The molecule has 0 aliphatic carbocycles. The fourth-order valence-electron chi connectivity index (χ4n) is 3.05. The van der Waals surface area contributed by atoms with E-state index in [2.05, 4.69) is 9.97 Å². The zero-order valence-electron chi connectivity index (χ0n) is 16.6. The molecule has 2 aromatic carbocycles. The van der Waals surface area contributed by atoms with Gasteiger partial charge < -0.3 is 19.4 Å². The molecule has 0 bridgehead atoms. The zero-order valence-corrected chi connectivity index (χ0v) is 16.6. The maximum absolute atomic E-state index is 12.7. The average Bonchev–Trinajstić information content (AvgIpc) is 2.75. The molecule has 0 fully saturated rings. The van der Waals surface area contributed by atoms with E-state index in [1.165, 1.54) is 6.08 Å². The van der Waals surface area contributed by atoms with Crippen LogP contribution in [-0.2, 0) is 11.3 Å². The number of para-hydroxylation sites is 2. The molecule has 7 heteroatoms. The molecule has 1 amide bonds. The number of carbonyl (C=O) groups is 1. The van der Waals surface area contributed by atoms with Gasteiger partial charge in [0, 0.05) is 18.2 Å². The van der Waals surface area contributed by atoms with E-state index in [9.17, 15) is 9.59 Å². The van der Waals surface area contributed by atoms with Crippen molar-refractivity contribution >= 4 is 22.9 Å². The summed E-state index contributed by atoms with van der Waals surface area (Å²) in [5, 5.41) is 0.524. The number of ether oxygens (including phenoxy) is 2. The third-order valence-corrected chi connectivity index (χ3v) is 4.53. The summed E-state index contributed by atoms with van der Waals surface area (Å²) in [5.41, 5.74) is 1.12. The Labute approximate surface area is 168 Å². The first-order chi connectivity index (χ1) is 14.1. The standard InChI is InChI=1S/C22H23N3O4/c1-4-25(14-19-23-17-10-6-5-9-16(17)22(27)24-19)20(26)13-12-15-8-7-11-18(28-2)21(15)29-3/h5-13H,4,14H2,1-3H3,(H,23,24,27)/b13-12+. The summed E-state index contributed by atoms with van der Waals surface area (Å²) in [4.78, 5) is 33.8. The molecule has 7 nitrogen and oxygen atoms in total. The number of rotatable bonds is 7. The van der Waals surface area contributed by atoms with E-state index in [4.69, 9.17) is 9.47 Å². The minimum absolute atomic E-state index is 0.201. The Morgan fingerprint density at radius 3 is 2.66 bits per heavy atom. The summed E-state index contributed by atoms with van der Waals surface area (Å²) < 4.78 is 10.7. The van der Waals surface area contributed by atoms with Crippen LogP contribution in [0.3, 0.4) is 0 Å². The number of fused-ring (bicyclic) bond motifs is 1. The number of amides is 1. The molecule has 0 spiro atoms. The zero-order chi connectivity index (χ0) is 20.8. The number of carbonyl (C=O) groups excluding carboxylic acids is 1. The normalized spacial score (nSPS) is 11.0. The Morgan fingerprint density at radius 1 is 1.14 bits per heavy atom. The number of hydrogen-bond acceptors (Lipinski definition) is 5. The van der Waals surface area contributed by atoms with Crippen molar-refractivity contribution in [3.63, 3.8) is 0 Å². The highest BCUT2D eigenvalue weighted by Crippen LogP contribution is 2.31. The number of aromatic nitrogens is 2. The van der Waals surface area contributed by atoms with Gasteiger partial charge in [-0.05, 0) is 31.2 Å². The van der Waals surface area contributed by atoms with Crippen molar-refractivity contribution in [1.29, 1.82) is 0 Å². The molecule has 29 heavy (non-hydrogen) atoms. The van der Waals surface area contributed by atoms with Crippen LogP contribution >= 0.6 is 0 Å². The van der Waals surface area contributed by atoms with E-state index in [0.29, 0.717) is 34.8 Å². The van der Waals surface area contributed by atoms with Gasteiger partial charge in [0.05, 0.1) is 31.7 Å². The van der Waals surface area contributed by atoms with Crippen molar-refractivity contribution in [2.45, 2.75) is 13.5 Å². The predicted molar refractivity (Wildman–Crippen MR) is 112 cm³/mol. The van der Waals surface area contributed by atoms with E-state index in [1.807, 2.05) is 25.1 Å². The van der Waals surface area contributed by atoms with Gasteiger partial charge in [-0.25, -0.2) is 4.98 Å². The number of nitrogens with one attached hydrogen (secondary N) is 1. The van der Waals surface area contributed by atoms with Gasteiger partial charge in [-0.1, -0.05) is 24.3 Å². The first kappa shape index (κ1) is 20.1. The number of benzene rings is 2. The predicted octanol–water partition coefficient (Wildman–Crippen LogP) is 3.00. The second-order valence-electron chi connectivity index (χ2n) is 6.30. The molecule has 150 valence electrons. The Kier molecular flexibility index (Phi) is 6.29. The summed E-state index contributed by atoms with van der Waals surface area (Å²) in [6.07, 6.45) is 3.16. The number of H-pyrrole nitrogens is 1. The number of methoxy groups -OCH3 is 2. The first-order valence-corrected chi connectivity index (χ1v) is 9.23. The molecule has 0 aliphatic heterocycles. The molecule has 3 aromatic rings. The molecular weight excluding hydrogens is 370 g/mol. The van der Waals surface area contributed by atoms with Crippen molar-refractivity contribution in [2.75, 3.05) is 20.8 Å². The molecule has 1 heterocycles. The van der Waals surface area contributed by atoms with Crippen LogP contribution in [0.5, 0.6) is 11.5 Å². The quantitative estimate of drug-likeness (QED) is 0.624. The number of hydrogen-bond donors (Lipinski definition) is 1. The van der Waals surface area contributed by atoms with Crippen LogP contribution in [0, 0.1) is 0 Å². The fraction of sp³-hybridized carbons (Fsp3) is 0.227. The monoisotopic (exact) mass is 393 g/mol. The second kappa shape index (κ2) is 9.05. The molecule has 3 rings (SSSR count). The topological polar surface area (TPSA) is 84.5 Å². The lowest BCUT2D eigenvalue weighted by Gasteiger charge is -2.18. The smallest absolute Gasteiger partial charge is 0.258 e. The molecule has 0 radical (unpaired) electrons. The maximum atomic E-state index is 12.7. The first-order valence-electron chi connectivity index (χ1n) is 9.23. The fourth-order valence-corrected chi connectivity index (χ4v) is 3.05.